The summed E-state index contributed by atoms with van der Waals surface area (Å²) >= 11 is 0. The Kier molecular flexibility index (Phi) is 9.12. The maximum absolute atomic E-state index is 10.6. The fraction of sp³-hybridized carbons (Fsp3) is 0.833. The van der Waals surface area contributed by atoms with Crippen molar-refractivity contribution in [2.45, 2.75) is 20.3 Å². The molecule has 0 saturated carbocycles. The molecule has 1 radical (unpaired) electrons. The summed E-state index contributed by atoms with van der Waals surface area (Å²) in [7, 11) is 1.66. The fourth-order valence-corrected chi connectivity index (χ4v) is 0.432. The van der Waals surface area contributed by atoms with Gasteiger partial charge in [0, 0.05) is 45.7 Å². The molecule has 0 heterocycles. The average Bonchev–Trinajstić information content (AvgIpc) is 1.84. The smallest absolute Gasteiger partial charge is 0.222 e. The molecule has 0 aliphatic carbocycles. The monoisotopic (exact) mass is 204 g/mol. The van der Waals surface area contributed by atoms with Crippen LogP contribution >= 0.6 is 0 Å². The van der Waals surface area contributed by atoms with E-state index < -0.39 is 0 Å². The Balaban J connectivity index is 0. The van der Waals surface area contributed by atoms with Gasteiger partial charge in [0.25, 0.3) is 0 Å². The third-order valence-corrected chi connectivity index (χ3v) is 1.31. The number of rotatable bonds is 2. The minimum Gasteiger partial charge on any atom is -0.359 e. The molecule has 0 aliphatic rings. The van der Waals surface area contributed by atoms with Crippen LogP contribution in [0.2, 0.25) is 0 Å². The largest absolute Gasteiger partial charge is 0.359 e. The van der Waals surface area contributed by atoms with Gasteiger partial charge in [-0.1, -0.05) is 13.8 Å². The topological polar surface area (TPSA) is 29.1 Å². The van der Waals surface area contributed by atoms with Gasteiger partial charge in [-0.3, -0.25) is 4.79 Å². The second kappa shape index (κ2) is 6.69. The Hall–Kier alpha value is 0.574. The maximum Gasteiger partial charge on any atom is 0.222 e. The first kappa shape index (κ1) is 12.3. The first-order valence-electron chi connectivity index (χ1n) is 2.94. The quantitative estimate of drug-likeness (QED) is 0.707. The van der Waals surface area contributed by atoms with E-state index in [0.29, 0.717) is 0 Å². The van der Waals surface area contributed by atoms with Crippen LogP contribution in [0.3, 0.4) is 0 Å². The second-order valence-corrected chi connectivity index (χ2v) is 1.92. The van der Waals surface area contributed by atoms with E-state index in [1.807, 2.05) is 13.8 Å². The molecule has 1 atom stereocenters. The summed E-state index contributed by atoms with van der Waals surface area (Å²) in [6.07, 6.45) is 0.916. The fourth-order valence-electron chi connectivity index (χ4n) is 0.432. The molecule has 1 unspecified atom stereocenters. The predicted molar refractivity (Wildman–Crippen MR) is 33.5 cm³/mol. The first-order chi connectivity index (χ1) is 3.72. The Labute approximate surface area is 81.7 Å². The summed E-state index contributed by atoms with van der Waals surface area (Å²) < 4.78 is 0. The summed E-state index contributed by atoms with van der Waals surface area (Å²) in [5, 5.41) is 2.58. The predicted octanol–water partition coefficient (Wildman–Crippen LogP) is 0.776. The van der Waals surface area contributed by atoms with E-state index in [1.165, 1.54) is 0 Å². The van der Waals surface area contributed by atoms with Gasteiger partial charge in [-0.15, -0.1) is 0 Å². The van der Waals surface area contributed by atoms with E-state index in [-0.39, 0.29) is 44.5 Å². The number of carbonyl (C=O) groups is 1. The van der Waals surface area contributed by atoms with Crippen molar-refractivity contribution >= 4 is 5.91 Å². The van der Waals surface area contributed by atoms with Crippen molar-refractivity contribution in [3.8, 4) is 0 Å². The van der Waals surface area contributed by atoms with Gasteiger partial charge in [0.2, 0.25) is 5.91 Å². The van der Waals surface area contributed by atoms with Crippen LogP contribution in [-0.4, -0.2) is 13.0 Å². The molecule has 0 saturated heterocycles. The van der Waals surface area contributed by atoms with E-state index in [9.17, 15) is 4.79 Å². The standard InChI is InChI=1S/C6H13NO.Y/c1-4-5(2)6(8)7-3;/h5H,4H2,1-3H3,(H,7,8);. The molecule has 0 aliphatic heterocycles. The Morgan fingerprint density at radius 2 is 2.11 bits per heavy atom. The zero-order chi connectivity index (χ0) is 6.57. The van der Waals surface area contributed by atoms with Crippen LogP contribution in [0.5, 0.6) is 0 Å². The zero-order valence-corrected chi connectivity index (χ0v) is 9.11. The third-order valence-electron chi connectivity index (χ3n) is 1.31. The van der Waals surface area contributed by atoms with Crippen LogP contribution in [0, 0.1) is 5.92 Å². The van der Waals surface area contributed by atoms with Crippen LogP contribution < -0.4 is 5.32 Å². The molecule has 2 nitrogen and oxygen atoms in total. The molecular weight excluding hydrogens is 191 g/mol. The van der Waals surface area contributed by atoms with Gasteiger partial charge in [-0.05, 0) is 6.42 Å². The molecule has 3 heteroatoms. The molecule has 0 rings (SSSR count). The SMILES string of the molecule is CCC(C)C(=O)NC.[Y]. The molecule has 0 bridgehead atoms. The minimum absolute atomic E-state index is 0. The summed E-state index contributed by atoms with van der Waals surface area (Å²) in [4.78, 5) is 10.6. The van der Waals surface area contributed by atoms with Crippen molar-refractivity contribution in [2.75, 3.05) is 7.05 Å². The van der Waals surface area contributed by atoms with E-state index in [2.05, 4.69) is 5.32 Å². The molecule has 0 aromatic carbocycles. The summed E-state index contributed by atoms with van der Waals surface area (Å²) in [5.41, 5.74) is 0. The normalized spacial score (nSPS) is 11.4. The summed E-state index contributed by atoms with van der Waals surface area (Å²) in [5.74, 6) is 0.299. The van der Waals surface area contributed by atoms with Crippen molar-refractivity contribution in [3.63, 3.8) is 0 Å². The molecule has 1 amide bonds. The van der Waals surface area contributed by atoms with Crippen LogP contribution in [0.25, 0.3) is 0 Å². The molecular formula is C6H13NOY. The summed E-state index contributed by atoms with van der Waals surface area (Å²) in [6.45, 7) is 3.92. The molecule has 0 aromatic heterocycles. The van der Waals surface area contributed by atoms with Crippen LogP contribution in [0.1, 0.15) is 20.3 Å². The average molecular weight is 204 g/mol. The summed E-state index contributed by atoms with van der Waals surface area (Å²) in [6, 6.07) is 0. The Morgan fingerprint density at radius 1 is 1.67 bits per heavy atom. The van der Waals surface area contributed by atoms with Crippen LogP contribution in [-0.2, 0) is 37.5 Å². The minimum atomic E-state index is 0. The molecule has 51 valence electrons. The van der Waals surface area contributed by atoms with Gasteiger partial charge in [0.15, 0.2) is 0 Å². The van der Waals surface area contributed by atoms with Crippen LogP contribution in [0.15, 0.2) is 0 Å². The number of amides is 1. The second-order valence-electron chi connectivity index (χ2n) is 1.92. The molecule has 1 N–H and O–H groups in total. The van der Waals surface area contributed by atoms with Crippen molar-refractivity contribution < 1.29 is 37.5 Å². The zero-order valence-electron chi connectivity index (χ0n) is 6.27. The van der Waals surface area contributed by atoms with Crippen LogP contribution in [0.4, 0.5) is 0 Å². The number of carbonyl (C=O) groups excluding carboxylic acids is 1. The number of hydrogen-bond donors (Lipinski definition) is 1. The first-order valence-corrected chi connectivity index (χ1v) is 2.94. The Morgan fingerprint density at radius 3 is 2.22 bits per heavy atom. The van der Waals surface area contributed by atoms with E-state index in [4.69, 9.17) is 0 Å². The molecule has 9 heavy (non-hydrogen) atoms. The van der Waals surface area contributed by atoms with Gasteiger partial charge in [0.05, 0.1) is 0 Å². The van der Waals surface area contributed by atoms with Crippen molar-refractivity contribution in [3.05, 3.63) is 0 Å². The van der Waals surface area contributed by atoms with Gasteiger partial charge in [-0.25, -0.2) is 0 Å². The van der Waals surface area contributed by atoms with E-state index >= 15 is 0 Å². The van der Waals surface area contributed by atoms with Crippen molar-refractivity contribution in [2.24, 2.45) is 5.92 Å². The van der Waals surface area contributed by atoms with E-state index in [1.54, 1.807) is 7.05 Å². The van der Waals surface area contributed by atoms with Crippen molar-refractivity contribution in [1.29, 1.82) is 0 Å². The van der Waals surface area contributed by atoms with Gasteiger partial charge >= 0.3 is 0 Å². The Bertz CT molecular complexity index is 85.1. The van der Waals surface area contributed by atoms with E-state index in [0.717, 1.165) is 6.42 Å². The molecule has 0 spiro atoms. The molecule has 0 fully saturated rings. The van der Waals surface area contributed by atoms with Gasteiger partial charge in [0.1, 0.15) is 0 Å². The van der Waals surface area contributed by atoms with Gasteiger partial charge < -0.3 is 5.32 Å². The third kappa shape index (κ3) is 5.04. The van der Waals surface area contributed by atoms with Crippen molar-refractivity contribution in [1.82, 2.24) is 5.32 Å². The maximum atomic E-state index is 10.6. The number of nitrogens with one attached hydrogen (secondary N) is 1. The van der Waals surface area contributed by atoms with Gasteiger partial charge in [-0.2, -0.15) is 0 Å². The number of hydrogen-bond acceptors (Lipinski definition) is 1. The molecule has 0 aromatic rings.